The Bertz CT molecular complexity index is 484. The highest BCUT2D eigenvalue weighted by atomic mass is 19.4. The normalized spacial score (nSPS) is 19.0. The zero-order valence-electron chi connectivity index (χ0n) is 15.6. The molecule has 160 valence electrons. The quantitative estimate of drug-likeness (QED) is 0.495. The molecule has 0 aromatic heterocycles. The van der Waals surface area contributed by atoms with Crippen molar-refractivity contribution in [2.75, 3.05) is 13.6 Å². The molecular weight excluding hydrogens is 380 g/mol. The van der Waals surface area contributed by atoms with Crippen LogP contribution < -0.4 is 5.32 Å². The summed E-state index contributed by atoms with van der Waals surface area (Å²) >= 11 is 0. The lowest BCUT2D eigenvalue weighted by atomic mass is 9.80. The number of ether oxygens (including phenoxy) is 1. The summed E-state index contributed by atoms with van der Waals surface area (Å²) in [6.45, 7) is 3.08. The molecular formula is C17H27F6NO3. The first kappa shape index (κ1) is 24.0. The minimum Gasteiger partial charge on any atom is -0.462 e. The van der Waals surface area contributed by atoms with Crippen LogP contribution in [0, 0.1) is 11.3 Å². The van der Waals surface area contributed by atoms with E-state index in [1.165, 1.54) is 13.8 Å². The van der Waals surface area contributed by atoms with E-state index in [0.717, 1.165) is 6.42 Å². The van der Waals surface area contributed by atoms with Gasteiger partial charge in [-0.15, -0.1) is 0 Å². The molecule has 2 N–H and O–H groups in total. The lowest BCUT2D eigenvalue weighted by molar-refractivity contribution is -0.375. The minimum absolute atomic E-state index is 0.131. The standard InChI is InChI=1S/C17H27F6NO3/c1-14(2,10-24-3)13(25)27-12(11-7-5-4-6-8-11)9-15(26,16(18,19)20)17(21,22)23/h11-12,24,26H,4-10H2,1-3H3. The molecule has 0 aliphatic heterocycles. The van der Waals surface area contributed by atoms with Crippen LogP contribution in [0.2, 0.25) is 0 Å². The van der Waals surface area contributed by atoms with Gasteiger partial charge in [0.2, 0.25) is 0 Å². The van der Waals surface area contributed by atoms with Crippen molar-refractivity contribution in [1.82, 2.24) is 5.32 Å². The number of hydrogen-bond donors (Lipinski definition) is 2. The predicted octanol–water partition coefficient (Wildman–Crippen LogP) is 3.97. The SMILES string of the molecule is CNCC(C)(C)C(=O)OC(CC(O)(C(F)(F)F)C(F)(F)F)C1CCCCC1. The molecule has 4 nitrogen and oxygen atoms in total. The number of carbonyl (C=O) groups is 1. The van der Waals surface area contributed by atoms with E-state index in [4.69, 9.17) is 4.74 Å². The van der Waals surface area contributed by atoms with Gasteiger partial charge in [-0.2, -0.15) is 26.3 Å². The van der Waals surface area contributed by atoms with E-state index in [1.54, 1.807) is 7.05 Å². The van der Waals surface area contributed by atoms with E-state index in [0.29, 0.717) is 25.7 Å². The van der Waals surface area contributed by atoms with Crippen LogP contribution in [0.3, 0.4) is 0 Å². The van der Waals surface area contributed by atoms with Gasteiger partial charge < -0.3 is 15.2 Å². The van der Waals surface area contributed by atoms with Crippen molar-refractivity contribution in [2.24, 2.45) is 11.3 Å². The molecule has 0 bridgehead atoms. The Hall–Kier alpha value is -1.03. The van der Waals surface area contributed by atoms with Gasteiger partial charge in [0.1, 0.15) is 6.10 Å². The van der Waals surface area contributed by atoms with Gasteiger partial charge >= 0.3 is 18.3 Å². The Balaban J connectivity index is 3.16. The van der Waals surface area contributed by atoms with Gasteiger partial charge in [-0.1, -0.05) is 19.3 Å². The first-order valence-electron chi connectivity index (χ1n) is 8.87. The van der Waals surface area contributed by atoms with Crippen LogP contribution in [0.25, 0.3) is 0 Å². The Morgan fingerprint density at radius 2 is 1.56 bits per heavy atom. The van der Waals surface area contributed by atoms with Gasteiger partial charge in [-0.05, 0) is 39.7 Å². The smallest absolute Gasteiger partial charge is 0.426 e. The second kappa shape index (κ2) is 8.55. The van der Waals surface area contributed by atoms with E-state index >= 15 is 0 Å². The van der Waals surface area contributed by atoms with Crippen LogP contribution in [0.1, 0.15) is 52.4 Å². The molecule has 0 amide bonds. The number of esters is 1. The Morgan fingerprint density at radius 3 is 1.96 bits per heavy atom. The fraction of sp³-hybridized carbons (Fsp3) is 0.941. The largest absolute Gasteiger partial charge is 0.462 e. The zero-order chi connectivity index (χ0) is 21.1. The van der Waals surface area contributed by atoms with E-state index < -0.39 is 47.8 Å². The molecule has 1 fully saturated rings. The summed E-state index contributed by atoms with van der Waals surface area (Å²) < 4.78 is 83.8. The highest BCUT2D eigenvalue weighted by molar-refractivity contribution is 5.76. The maximum absolute atomic E-state index is 13.1. The maximum Gasteiger partial charge on any atom is 0.426 e. The molecule has 1 saturated carbocycles. The summed E-state index contributed by atoms with van der Waals surface area (Å²) in [5, 5.41) is 12.3. The number of nitrogens with one attached hydrogen (secondary N) is 1. The average molecular weight is 407 g/mol. The molecule has 1 atom stereocenters. The van der Waals surface area contributed by atoms with Crippen molar-refractivity contribution in [3.63, 3.8) is 0 Å². The second-order valence-electron chi connectivity index (χ2n) is 7.82. The van der Waals surface area contributed by atoms with Gasteiger partial charge in [0.25, 0.3) is 5.60 Å². The zero-order valence-corrected chi connectivity index (χ0v) is 15.6. The van der Waals surface area contributed by atoms with Crippen LogP contribution in [0.15, 0.2) is 0 Å². The molecule has 27 heavy (non-hydrogen) atoms. The number of hydrogen-bond acceptors (Lipinski definition) is 4. The predicted molar refractivity (Wildman–Crippen MR) is 85.8 cm³/mol. The van der Waals surface area contributed by atoms with Crippen molar-refractivity contribution in [2.45, 2.75) is 76.4 Å². The Morgan fingerprint density at radius 1 is 1.07 bits per heavy atom. The average Bonchev–Trinajstić information content (AvgIpc) is 2.52. The number of aliphatic hydroxyl groups is 1. The van der Waals surface area contributed by atoms with Crippen LogP contribution >= 0.6 is 0 Å². The Kier molecular flexibility index (Phi) is 7.60. The topological polar surface area (TPSA) is 58.6 Å². The van der Waals surface area contributed by atoms with Gasteiger partial charge in [0.05, 0.1) is 5.41 Å². The van der Waals surface area contributed by atoms with E-state index in [2.05, 4.69) is 5.32 Å². The molecule has 0 saturated heterocycles. The molecule has 0 aromatic carbocycles. The highest BCUT2D eigenvalue weighted by Gasteiger charge is 2.71. The Labute approximate surface area is 154 Å². The lowest BCUT2D eigenvalue weighted by Crippen LogP contribution is -2.59. The third-order valence-electron chi connectivity index (χ3n) is 5.04. The summed E-state index contributed by atoms with van der Waals surface area (Å²) in [6.07, 6.45) is -12.6. The summed E-state index contributed by atoms with van der Waals surface area (Å²) in [4.78, 5) is 12.4. The van der Waals surface area contributed by atoms with E-state index in [1.807, 2.05) is 0 Å². The maximum atomic E-state index is 13.1. The van der Waals surface area contributed by atoms with Crippen LogP contribution in [-0.4, -0.2) is 48.7 Å². The molecule has 1 aliphatic carbocycles. The first-order valence-corrected chi connectivity index (χ1v) is 8.87. The fourth-order valence-electron chi connectivity index (χ4n) is 3.30. The lowest BCUT2D eigenvalue weighted by Gasteiger charge is -2.39. The van der Waals surface area contributed by atoms with Gasteiger partial charge in [0, 0.05) is 13.0 Å². The van der Waals surface area contributed by atoms with Gasteiger partial charge in [0.15, 0.2) is 0 Å². The van der Waals surface area contributed by atoms with Crippen molar-refractivity contribution < 1.29 is 41.0 Å². The molecule has 1 aliphatic rings. The molecule has 0 aromatic rings. The summed E-state index contributed by atoms with van der Waals surface area (Å²) in [6, 6.07) is 0. The fourth-order valence-corrected chi connectivity index (χ4v) is 3.30. The van der Waals surface area contributed by atoms with Crippen LogP contribution in [0.5, 0.6) is 0 Å². The van der Waals surface area contributed by atoms with Crippen molar-refractivity contribution in [1.29, 1.82) is 0 Å². The number of alkyl halides is 6. The monoisotopic (exact) mass is 407 g/mol. The number of halogens is 6. The van der Waals surface area contributed by atoms with Crippen molar-refractivity contribution in [3.05, 3.63) is 0 Å². The van der Waals surface area contributed by atoms with E-state index in [9.17, 15) is 36.2 Å². The van der Waals surface area contributed by atoms with Crippen LogP contribution in [-0.2, 0) is 9.53 Å². The molecule has 0 heterocycles. The first-order chi connectivity index (χ1) is 12.2. The third kappa shape index (κ3) is 5.73. The molecule has 0 radical (unpaired) electrons. The summed E-state index contributed by atoms with van der Waals surface area (Å²) in [7, 11) is 1.56. The molecule has 1 unspecified atom stereocenters. The molecule has 1 rings (SSSR count). The van der Waals surface area contributed by atoms with Gasteiger partial charge in [-0.25, -0.2) is 0 Å². The number of carbonyl (C=O) groups excluding carboxylic acids is 1. The summed E-state index contributed by atoms with van der Waals surface area (Å²) in [5.74, 6) is -1.57. The van der Waals surface area contributed by atoms with Crippen molar-refractivity contribution in [3.8, 4) is 0 Å². The second-order valence-corrected chi connectivity index (χ2v) is 7.82. The van der Waals surface area contributed by atoms with Crippen LogP contribution in [0.4, 0.5) is 26.3 Å². The minimum atomic E-state index is -5.94. The van der Waals surface area contributed by atoms with Gasteiger partial charge in [-0.3, -0.25) is 4.79 Å². The highest BCUT2D eigenvalue weighted by Crippen LogP contribution is 2.48. The summed E-state index contributed by atoms with van der Waals surface area (Å²) in [5.41, 5.74) is -6.08. The third-order valence-corrected chi connectivity index (χ3v) is 5.04. The molecule has 0 spiro atoms. The van der Waals surface area contributed by atoms with E-state index in [-0.39, 0.29) is 6.54 Å². The van der Waals surface area contributed by atoms with Crippen molar-refractivity contribution >= 4 is 5.97 Å². The molecule has 10 heteroatoms. The number of rotatable bonds is 7.